The van der Waals surface area contributed by atoms with Crippen molar-refractivity contribution in [3.63, 3.8) is 0 Å². The van der Waals surface area contributed by atoms with Gasteiger partial charge in [-0.1, -0.05) is 29.8 Å². The summed E-state index contributed by atoms with van der Waals surface area (Å²) in [6, 6.07) is 13.5. The highest BCUT2D eigenvalue weighted by Gasteiger charge is 2.11. The van der Waals surface area contributed by atoms with Gasteiger partial charge in [0, 0.05) is 23.8 Å². The van der Waals surface area contributed by atoms with Crippen molar-refractivity contribution in [2.24, 2.45) is 0 Å². The van der Waals surface area contributed by atoms with E-state index in [9.17, 15) is 9.59 Å². The highest BCUT2D eigenvalue weighted by Crippen LogP contribution is 2.28. The van der Waals surface area contributed by atoms with Crippen LogP contribution in [0.1, 0.15) is 29.8 Å². The van der Waals surface area contributed by atoms with Crippen LogP contribution in [-0.2, 0) is 11.2 Å². The fourth-order valence-electron chi connectivity index (χ4n) is 3.32. The third-order valence-electron chi connectivity index (χ3n) is 4.90. The molecule has 4 aromatic rings. The van der Waals surface area contributed by atoms with Gasteiger partial charge in [0.2, 0.25) is 5.91 Å². The molecule has 0 radical (unpaired) electrons. The molecule has 0 saturated carbocycles. The second-order valence-corrected chi connectivity index (χ2v) is 8.15. The number of thiazole rings is 1. The quantitative estimate of drug-likeness (QED) is 0.478. The SMILES string of the molecule is Cc1ccc(C)c(-c2csc(NC(=O)CCCc3nc4ccccc4c(=O)[nH]3)n2)c1. The number of nitrogens with one attached hydrogen (secondary N) is 2. The maximum absolute atomic E-state index is 12.3. The average molecular weight is 419 g/mol. The van der Waals surface area contributed by atoms with Gasteiger partial charge in [0.05, 0.1) is 16.6 Å². The van der Waals surface area contributed by atoms with Crippen molar-refractivity contribution in [3.05, 3.63) is 75.1 Å². The fourth-order valence-corrected chi connectivity index (χ4v) is 4.04. The molecular formula is C23H22N4O2S. The lowest BCUT2D eigenvalue weighted by atomic mass is 10.0. The molecule has 0 aliphatic heterocycles. The van der Waals surface area contributed by atoms with Crippen LogP contribution in [0.2, 0.25) is 0 Å². The molecule has 1 amide bonds. The number of anilines is 1. The van der Waals surface area contributed by atoms with Gasteiger partial charge in [-0.2, -0.15) is 0 Å². The first-order valence-electron chi connectivity index (χ1n) is 9.80. The first-order valence-corrected chi connectivity index (χ1v) is 10.7. The van der Waals surface area contributed by atoms with Crippen molar-refractivity contribution in [3.8, 4) is 11.3 Å². The summed E-state index contributed by atoms with van der Waals surface area (Å²) in [4.78, 5) is 36.3. The lowest BCUT2D eigenvalue weighted by Crippen LogP contribution is -2.14. The molecule has 30 heavy (non-hydrogen) atoms. The Bertz CT molecular complexity index is 1280. The first-order chi connectivity index (χ1) is 14.5. The van der Waals surface area contributed by atoms with Gasteiger partial charge in [0.1, 0.15) is 5.82 Å². The van der Waals surface area contributed by atoms with Crippen LogP contribution in [0.25, 0.3) is 22.2 Å². The third kappa shape index (κ3) is 4.46. The molecule has 152 valence electrons. The highest BCUT2D eigenvalue weighted by molar-refractivity contribution is 7.14. The minimum Gasteiger partial charge on any atom is -0.310 e. The standard InChI is InChI=1S/C23H22N4O2S/c1-14-10-11-15(2)17(12-14)19-13-30-23(25-19)27-21(28)9-5-8-20-24-18-7-4-3-6-16(18)22(29)26-20/h3-4,6-7,10-13H,5,8-9H2,1-2H3,(H,24,26,29)(H,25,27,28). The van der Waals surface area contributed by atoms with E-state index in [0.717, 1.165) is 16.8 Å². The molecule has 6 nitrogen and oxygen atoms in total. The summed E-state index contributed by atoms with van der Waals surface area (Å²) in [5, 5.41) is 5.99. The zero-order chi connectivity index (χ0) is 21.1. The molecule has 4 rings (SSSR count). The monoisotopic (exact) mass is 418 g/mol. The second-order valence-electron chi connectivity index (χ2n) is 7.29. The van der Waals surface area contributed by atoms with Crippen LogP contribution in [0, 0.1) is 13.8 Å². The van der Waals surface area contributed by atoms with Gasteiger partial charge in [0.25, 0.3) is 5.56 Å². The van der Waals surface area contributed by atoms with Gasteiger partial charge in [0.15, 0.2) is 5.13 Å². The van der Waals surface area contributed by atoms with Crippen LogP contribution in [0.5, 0.6) is 0 Å². The Kier molecular flexibility index (Phi) is 5.72. The Morgan fingerprint density at radius 1 is 1.13 bits per heavy atom. The number of aromatic nitrogens is 3. The predicted molar refractivity (Wildman–Crippen MR) is 121 cm³/mol. The Morgan fingerprint density at radius 3 is 2.83 bits per heavy atom. The minimum atomic E-state index is -0.151. The maximum atomic E-state index is 12.3. The first kappa shape index (κ1) is 20.0. The number of nitrogens with zero attached hydrogens (tertiary/aromatic N) is 2. The van der Waals surface area contributed by atoms with Gasteiger partial charge in [-0.25, -0.2) is 9.97 Å². The molecule has 0 aliphatic carbocycles. The van der Waals surface area contributed by atoms with Crippen LogP contribution < -0.4 is 10.9 Å². The smallest absolute Gasteiger partial charge is 0.258 e. The number of rotatable bonds is 6. The minimum absolute atomic E-state index is 0.0972. The lowest BCUT2D eigenvalue weighted by Gasteiger charge is -2.05. The van der Waals surface area contributed by atoms with Crippen molar-refractivity contribution in [2.75, 3.05) is 5.32 Å². The van der Waals surface area contributed by atoms with Crippen molar-refractivity contribution in [2.45, 2.75) is 33.1 Å². The van der Waals surface area contributed by atoms with Gasteiger partial charge in [-0.05, 0) is 44.0 Å². The zero-order valence-electron chi connectivity index (χ0n) is 16.9. The van der Waals surface area contributed by atoms with Crippen LogP contribution >= 0.6 is 11.3 Å². The molecular weight excluding hydrogens is 396 g/mol. The van der Waals surface area contributed by atoms with Gasteiger partial charge < -0.3 is 10.3 Å². The summed E-state index contributed by atoms with van der Waals surface area (Å²) >= 11 is 1.42. The molecule has 0 bridgehead atoms. The normalized spacial score (nSPS) is 11.0. The summed E-state index contributed by atoms with van der Waals surface area (Å²) in [6.07, 6.45) is 1.44. The Morgan fingerprint density at radius 2 is 1.97 bits per heavy atom. The number of benzene rings is 2. The number of fused-ring (bicyclic) bond motifs is 1. The van der Waals surface area contributed by atoms with Crippen molar-refractivity contribution >= 4 is 33.3 Å². The highest BCUT2D eigenvalue weighted by atomic mass is 32.1. The number of carbonyl (C=O) groups is 1. The fraction of sp³-hybridized carbons (Fsp3) is 0.217. The average Bonchev–Trinajstić information content (AvgIpc) is 3.18. The third-order valence-corrected chi connectivity index (χ3v) is 5.66. The lowest BCUT2D eigenvalue weighted by molar-refractivity contribution is -0.116. The van der Waals surface area contributed by atoms with E-state index in [1.54, 1.807) is 6.07 Å². The molecule has 0 spiro atoms. The van der Waals surface area contributed by atoms with Crippen molar-refractivity contribution < 1.29 is 4.79 Å². The van der Waals surface area contributed by atoms with E-state index in [4.69, 9.17) is 0 Å². The van der Waals surface area contributed by atoms with Crippen molar-refractivity contribution in [1.29, 1.82) is 0 Å². The second kappa shape index (κ2) is 8.59. The van der Waals surface area contributed by atoms with Crippen LogP contribution in [-0.4, -0.2) is 20.9 Å². The Balaban J connectivity index is 1.35. The molecule has 0 saturated heterocycles. The number of carbonyl (C=O) groups excluding carboxylic acids is 1. The summed E-state index contributed by atoms with van der Waals surface area (Å²) in [7, 11) is 0. The predicted octanol–water partition coefficient (Wildman–Crippen LogP) is 4.62. The van der Waals surface area contributed by atoms with Gasteiger partial charge in [-0.15, -0.1) is 11.3 Å². The van der Waals surface area contributed by atoms with E-state index in [2.05, 4.69) is 52.3 Å². The number of aromatic amines is 1. The number of amides is 1. The van der Waals surface area contributed by atoms with Crippen LogP contribution in [0.3, 0.4) is 0 Å². The summed E-state index contributed by atoms with van der Waals surface area (Å²) in [5.41, 5.74) is 4.80. The number of aryl methyl sites for hydroxylation is 3. The van der Waals surface area contributed by atoms with Crippen LogP contribution in [0.4, 0.5) is 5.13 Å². The van der Waals surface area contributed by atoms with E-state index in [1.807, 2.05) is 23.6 Å². The van der Waals surface area contributed by atoms with E-state index in [0.29, 0.717) is 41.1 Å². The molecule has 7 heteroatoms. The number of hydrogen-bond donors (Lipinski definition) is 2. The largest absolute Gasteiger partial charge is 0.310 e. The number of H-pyrrole nitrogens is 1. The molecule has 2 N–H and O–H groups in total. The zero-order valence-corrected chi connectivity index (χ0v) is 17.7. The molecule has 2 aromatic heterocycles. The van der Waals surface area contributed by atoms with Crippen molar-refractivity contribution in [1.82, 2.24) is 15.0 Å². The summed E-state index contributed by atoms with van der Waals surface area (Å²) in [6.45, 7) is 4.10. The summed E-state index contributed by atoms with van der Waals surface area (Å²) < 4.78 is 0. The molecule has 2 aromatic carbocycles. The Hall–Kier alpha value is -3.32. The molecule has 0 aliphatic rings. The number of para-hydroxylation sites is 1. The van der Waals surface area contributed by atoms with E-state index < -0.39 is 0 Å². The van der Waals surface area contributed by atoms with E-state index in [-0.39, 0.29) is 11.5 Å². The topological polar surface area (TPSA) is 87.7 Å². The summed E-state index contributed by atoms with van der Waals surface area (Å²) in [5.74, 6) is 0.498. The van der Waals surface area contributed by atoms with E-state index >= 15 is 0 Å². The molecule has 0 atom stereocenters. The maximum Gasteiger partial charge on any atom is 0.258 e. The van der Waals surface area contributed by atoms with Gasteiger partial charge in [-0.3, -0.25) is 9.59 Å². The number of hydrogen-bond acceptors (Lipinski definition) is 5. The van der Waals surface area contributed by atoms with Gasteiger partial charge >= 0.3 is 0 Å². The molecule has 2 heterocycles. The Labute approximate surface area is 178 Å². The van der Waals surface area contributed by atoms with E-state index in [1.165, 1.54) is 16.9 Å². The molecule has 0 unspecified atom stereocenters. The van der Waals surface area contributed by atoms with Crippen LogP contribution in [0.15, 0.2) is 52.6 Å². The molecule has 0 fully saturated rings.